The molecule has 1 fully saturated rings. The fraction of sp³-hybridized carbons (Fsp3) is 0.273. The number of carbonyl (C=O) groups is 3. The molecule has 4 N–H and O–H groups in total. The summed E-state index contributed by atoms with van der Waals surface area (Å²) in [6.45, 7) is 2.58. The summed E-state index contributed by atoms with van der Waals surface area (Å²) in [6, 6.07) is 10.4. The Hall–Kier alpha value is -3.10. The van der Waals surface area contributed by atoms with Gasteiger partial charge in [-0.2, -0.15) is 0 Å². The van der Waals surface area contributed by atoms with E-state index >= 15 is 0 Å². The van der Waals surface area contributed by atoms with Crippen LogP contribution in [-0.2, 0) is 22.7 Å². The third-order valence-corrected chi connectivity index (χ3v) is 5.87. The molecule has 0 aliphatic carbocycles. The Kier molecular flexibility index (Phi) is 7.06. The molecule has 0 radical (unpaired) electrons. The Morgan fingerprint density at radius 2 is 2.03 bits per heavy atom. The zero-order valence-electron chi connectivity index (χ0n) is 17.4. The summed E-state index contributed by atoms with van der Waals surface area (Å²) in [5.41, 5.74) is 10.00. The predicted octanol–water partition coefficient (Wildman–Crippen LogP) is 2.76. The molecule has 1 unspecified atom stereocenters. The largest absolute Gasteiger partial charge is 0.370 e. The maximum atomic E-state index is 12.7. The van der Waals surface area contributed by atoms with Gasteiger partial charge in [0, 0.05) is 29.2 Å². The van der Waals surface area contributed by atoms with E-state index < -0.39 is 11.9 Å². The lowest BCUT2D eigenvalue weighted by Gasteiger charge is -2.29. The second-order valence-electron chi connectivity index (χ2n) is 7.68. The number of benzene rings is 2. The number of nitrogens with two attached hydrogens (primary N) is 1. The first-order chi connectivity index (χ1) is 14.8. The second-order valence-corrected chi connectivity index (χ2v) is 8.09. The number of halogens is 2. The topological polar surface area (TPSA) is 117 Å². The van der Waals surface area contributed by atoms with E-state index in [9.17, 15) is 14.4 Å². The van der Waals surface area contributed by atoms with Crippen molar-refractivity contribution in [1.29, 1.82) is 0 Å². The van der Waals surface area contributed by atoms with Gasteiger partial charge in [0.25, 0.3) is 5.91 Å². The lowest BCUT2D eigenvalue weighted by molar-refractivity contribution is -0.136. The molecule has 2 aliphatic rings. The summed E-state index contributed by atoms with van der Waals surface area (Å²) in [7, 11) is 0. The number of hydrogen-bond donors (Lipinski definition) is 3. The molecule has 2 aromatic rings. The van der Waals surface area contributed by atoms with Gasteiger partial charge in [-0.3, -0.25) is 19.7 Å². The SMILES string of the molecule is Cc1ccc(NC(N)=NCc2ccc3c(c2)CN(C2CCC(=O)NC2=O)C3=O)cc1Cl.Cl. The molecule has 32 heavy (non-hydrogen) atoms. The Morgan fingerprint density at radius 3 is 2.75 bits per heavy atom. The fourth-order valence-electron chi connectivity index (χ4n) is 3.76. The lowest BCUT2D eigenvalue weighted by atomic mass is 10.0. The minimum absolute atomic E-state index is 0. The summed E-state index contributed by atoms with van der Waals surface area (Å²) in [6.07, 6.45) is 0.571. The Morgan fingerprint density at radius 1 is 1.25 bits per heavy atom. The quantitative estimate of drug-likeness (QED) is 0.357. The summed E-state index contributed by atoms with van der Waals surface area (Å²) >= 11 is 6.13. The normalized spacial score (nSPS) is 18.2. The summed E-state index contributed by atoms with van der Waals surface area (Å²) in [5, 5.41) is 5.95. The zero-order chi connectivity index (χ0) is 22.1. The van der Waals surface area contributed by atoms with Crippen molar-refractivity contribution in [1.82, 2.24) is 10.2 Å². The number of aliphatic imine (C=N–C) groups is 1. The molecule has 0 aromatic heterocycles. The summed E-state index contributed by atoms with van der Waals surface area (Å²) < 4.78 is 0. The van der Waals surface area contributed by atoms with Gasteiger partial charge >= 0.3 is 0 Å². The van der Waals surface area contributed by atoms with Crippen molar-refractivity contribution in [2.24, 2.45) is 10.7 Å². The van der Waals surface area contributed by atoms with E-state index in [1.165, 1.54) is 4.90 Å². The molecular weight excluding hydrogens is 453 g/mol. The highest BCUT2D eigenvalue weighted by Gasteiger charge is 2.38. The van der Waals surface area contributed by atoms with Gasteiger partial charge in [-0.25, -0.2) is 4.99 Å². The molecule has 1 atom stereocenters. The van der Waals surface area contributed by atoms with Crippen LogP contribution in [0.4, 0.5) is 5.69 Å². The highest BCUT2D eigenvalue weighted by Crippen LogP contribution is 2.28. The zero-order valence-corrected chi connectivity index (χ0v) is 18.9. The third-order valence-electron chi connectivity index (χ3n) is 5.46. The van der Waals surface area contributed by atoms with E-state index in [0.717, 1.165) is 22.4 Å². The number of aryl methyl sites for hydroxylation is 1. The fourth-order valence-corrected chi connectivity index (χ4v) is 3.94. The monoisotopic (exact) mass is 475 g/mol. The number of carbonyl (C=O) groups excluding carboxylic acids is 3. The molecule has 8 nitrogen and oxygen atoms in total. The number of imide groups is 1. The van der Waals surface area contributed by atoms with Gasteiger partial charge in [-0.15, -0.1) is 12.4 Å². The average molecular weight is 476 g/mol. The van der Waals surface area contributed by atoms with Crippen molar-refractivity contribution in [2.75, 3.05) is 5.32 Å². The predicted molar refractivity (Wildman–Crippen MR) is 125 cm³/mol. The number of fused-ring (bicyclic) bond motifs is 1. The van der Waals surface area contributed by atoms with Crippen molar-refractivity contribution in [3.8, 4) is 0 Å². The van der Waals surface area contributed by atoms with Crippen molar-refractivity contribution < 1.29 is 14.4 Å². The molecule has 168 valence electrons. The highest BCUT2D eigenvalue weighted by atomic mass is 35.5. The standard InChI is InChI=1S/C22H22ClN5O3.ClH/c1-12-2-4-15(9-17(12)23)26-22(24)25-10-13-3-5-16-14(8-13)11-28(21(16)31)18-6-7-19(29)27-20(18)30;/h2-5,8-9,18H,6-7,10-11H2,1H3,(H3,24,25,26)(H,27,29,30);1H. The van der Waals surface area contributed by atoms with Crippen LogP contribution in [0, 0.1) is 6.92 Å². The molecule has 10 heteroatoms. The van der Waals surface area contributed by atoms with Crippen molar-refractivity contribution in [3.63, 3.8) is 0 Å². The number of nitrogens with zero attached hydrogens (tertiary/aromatic N) is 2. The molecule has 0 saturated carbocycles. The van der Waals surface area contributed by atoms with Gasteiger partial charge in [0.15, 0.2) is 5.96 Å². The van der Waals surface area contributed by atoms with Crippen LogP contribution in [-0.4, -0.2) is 34.6 Å². The third kappa shape index (κ3) is 4.87. The molecule has 1 saturated heterocycles. The maximum absolute atomic E-state index is 12.7. The molecule has 4 rings (SSSR count). The summed E-state index contributed by atoms with van der Waals surface area (Å²) in [4.78, 5) is 42.2. The lowest BCUT2D eigenvalue weighted by Crippen LogP contribution is -2.52. The number of anilines is 1. The minimum atomic E-state index is -0.625. The number of hydrogen-bond acceptors (Lipinski definition) is 4. The average Bonchev–Trinajstić information content (AvgIpc) is 3.05. The molecule has 0 spiro atoms. The van der Waals surface area contributed by atoms with Crippen molar-refractivity contribution >= 4 is 53.4 Å². The van der Waals surface area contributed by atoms with Gasteiger partial charge < -0.3 is 16.0 Å². The van der Waals surface area contributed by atoms with Crippen LogP contribution in [0.25, 0.3) is 0 Å². The number of amides is 3. The summed E-state index contributed by atoms with van der Waals surface area (Å²) in [5.74, 6) is -0.666. The molecule has 2 heterocycles. The van der Waals surface area contributed by atoms with Crippen LogP contribution in [0.15, 0.2) is 41.4 Å². The van der Waals surface area contributed by atoms with Gasteiger partial charge in [0.2, 0.25) is 11.8 Å². The number of guanidine groups is 1. The highest BCUT2D eigenvalue weighted by molar-refractivity contribution is 6.31. The van der Waals surface area contributed by atoms with Gasteiger partial charge in [-0.05, 0) is 48.2 Å². The number of piperidine rings is 1. The number of rotatable bonds is 4. The van der Waals surface area contributed by atoms with E-state index in [0.29, 0.717) is 30.1 Å². The smallest absolute Gasteiger partial charge is 0.255 e. The van der Waals surface area contributed by atoms with Crippen LogP contribution in [0.3, 0.4) is 0 Å². The molecule has 2 aromatic carbocycles. The Balaban J connectivity index is 0.00000289. The second kappa shape index (κ2) is 9.58. The van der Waals surface area contributed by atoms with E-state index in [1.807, 2.05) is 31.2 Å². The van der Waals surface area contributed by atoms with Crippen LogP contribution in [0.1, 0.15) is 39.9 Å². The number of nitrogens with one attached hydrogen (secondary N) is 2. The van der Waals surface area contributed by atoms with E-state index in [1.54, 1.807) is 12.1 Å². The maximum Gasteiger partial charge on any atom is 0.255 e. The Labute approximate surface area is 196 Å². The molecule has 2 aliphatic heterocycles. The first-order valence-electron chi connectivity index (χ1n) is 9.91. The Bertz CT molecular complexity index is 1120. The van der Waals surface area contributed by atoms with E-state index in [4.69, 9.17) is 17.3 Å². The molecule has 0 bridgehead atoms. The van der Waals surface area contributed by atoms with Crippen LogP contribution in [0.5, 0.6) is 0 Å². The van der Waals surface area contributed by atoms with Gasteiger partial charge in [0.1, 0.15) is 6.04 Å². The van der Waals surface area contributed by atoms with Gasteiger partial charge in [0.05, 0.1) is 6.54 Å². The van der Waals surface area contributed by atoms with Crippen LogP contribution in [0.2, 0.25) is 5.02 Å². The van der Waals surface area contributed by atoms with E-state index in [-0.39, 0.29) is 36.6 Å². The molecular formula is C22H23Cl2N5O3. The first-order valence-corrected chi connectivity index (χ1v) is 10.3. The minimum Gasteiger partial charge on any atom is -0.370 e. The van der Waals surface area contributed by atoms with Gasteiger partial charge in [-0.1, -0.05) is 29.8 Å². The van der Waals surface area contributed by atoms with Crippen molar-refractivity contribution in [3.05, 3.63) is 63.7 Å². The first kappa shape index (κ1) is 23.6. The van der Waals surface area contributed by atoms with E-state index in [2.05, 4.69) is 15.6 Å². The van der Waals surface area contributed by atoms with Crippen LogP contribution >= 0.6 is 24.0 Å². The van der Waals surface area contributed by atoms with Crippen LogP contribution < -0.4 is 16.4 Å². The molecule has 3 amide bonds. The van der Waals surface area contributed by atoms with Crippen molar-refractivity contribution in [2.45, 2.75) is 38.9 Å².